The van der Waals surface area contributed by atoms with E-state index in [0.29, 0.717) is 19.0 Å². The molecular formula is C19H27N3O2. The molecular weight excluding hydrogens is 302 g/mol. The zero-order valence-electron chi connectivity index (χ0n) is 14.6. The van der Waals surface area contributed by atoms with Gasteiger partial charge in [0.1, 0.15) is 0 Å². The molecule has 2 aliphatic rings. The van der Waals surface area contributed by atoms with Crippen LogP contribution >= 0.6 is 0 Å². The van der Waals surface area contributed by atoms with E-state index in [1.807, 2.05) is 30.1 Å². The number of carbonyl (C=O) groups is 2. The Balaban J connectivity index is 1.71. The molecule has 5 heteroatoms. The molecule has 0 saturated carbocycles. The van der Waals surface area contributed by atoms with Crippen LogP contribution in [0.4, 0.5) is 5.69 Å². The molecule has 1 N–H and O–H groups in total. The largest absolute Gasteiger partial charge is 0.342 e. The highest BCUT2D eigenvalue weighted by molar-refractivity contribution is 6.00. The highest BCUT2D eigenvalue weighted by Gasteiger charge is 2.38. The molecule has 0 spiro atoms. The third-order valence-electron chi connectivity index (χ3n) is 5.34. The molecule has 2 fully saturated rings. The van der Waals surface area contributed by atoms with Gasteiger partial charge in [0, 0.05) is 31.7 Å². The minimum absolute atomic E-state index is 0.0629. The number of nitrogens with zero attached hydrogens (tertiary/aromatic N) is 2. The number of hydrogen-bond donors (Lipinski definition) is 1. The fourth-order valence-corrected chi connectivity index (χ4v) is 3.84. The molecule has 1 aromatic carbocycles. The molecule has 3 rings (SSSR count). The molecule has 24 heavy (non-hydrogen) atoms. The second-order valence-corrected chi connectivity index (χ2v) is 6.82. The van der Waals surface area contributed by atoms with Gasteiger partial charge in [-0.2, -0.15) is 0 Å². The molecule has 5 nitrogen and oxygen atoms in total. The Kier molecular flexibility index (Phi) is 5.19. The second-order valence-electron chi connectivity index (χ2n) is 6.82. The van der Waals surface area contributed by atoms with E-state index < -0.39 is 0 Å². The summed E-state index contributed by atoms with van der Waals surface area (Å²) in [6.07, 6.45) is 3.19. The summed E-state index contributed by atoms with van der Waals surface area (Å²) in [6, 6.07) is 8.29. The average molecular weight is 329 g/mol. The first-order valence-corrected chi connectivity index (χ1v) is 8.97. The maximum absolute atomic E-state index is 12.8. The van der Waals surface area contributed by atoms with Gasteiger partial charge in [0.25, 0.3) is 0 Å². The van der Waals surface area contributed by atoms with E-state index in [-0.39, 0.29) is 17.7 Å². The van der Waals surface area contributed by atoms with E-state index >= 15 is 0 Å². The Morgan fingerprint density at radius 2 is 2.00 bits per heavy atom. The van der Waals surface area contributed by atoms with E-state index in [4.69, 9.17) is 0 Å². The zero-order valence-corrected chi connectivity index (χ0v) is 14.6. The summed E-state index contributed by atoms with van der Waals surface area (Å²) < 4.78 is 0. The van der Waals surface area contributed by atoms with Gasteiger partial charge >= 0.3 is 0 Å². The Labute approximate surface area is 144 Å². The Morgan fingerprint density at radius 3 is 2.71 bits per heavy atom. The van der Waals surface area contributed by atoms with Crippen molar-refractivity contribution in [3.8, 4) is 0 Å². The molecule has 1 unspecified atom stereocenters. The second kappa shape index (κ2) is 7.34. The Hall–Kier alpha value is -1.88. The van der Waals surface area contributed by atoms with Gasteiger partial charge in [-0.1, -0.05) is 25.1 Å². The van der Waals surface area contributed by atoms with Crippen molar-refractivity contribution in [2.24, 2.45) is 5.92 Å². The number of aryl methyl sites for hydroxylation is 1. The van der Waals surface area contributed by atoms with Crippen LogP contribution in [-0.4, -0.2) is 49.4 Å². The molecule has 2 heterocycles. The fraction of sp³-hybridized carbons (Fsp3) is 0.579. The maximum atomic E-state index is 12.8. The lowest BCUT2D eigenvalue weighted by Gasteiger charge is -2.33. The topological polar surface area (TPSA) is 52.7 Å². The SMILES string of the molecule is CCc1ccccc1N1CC(C(=O)N(C)C2CCNCC2)CC1=O. The third kappa shape index (κ3) is 3.31. The maximum Gasteiger partial charge on any atom is 0.228 e. The first-order chi connectivity index (χ1) is 11.6. The van der Waals surface area contributed by atoms with E-state index in [1.54, 1.807) is 4.90 Å². The van der Waals surface area contributed by atoms with Gasteiger partial charge in [-0.25, -0.2) is 0 Å². The van der Waals surface area contributed by atoms with Gasteiger partial charge in [0.05, 0.1) is 5.92 Å². The first-order valence-electron chi connectivity index (χ1n) is 8.97. The van der Waals surface area contributed by atoms with Crippen LogP contribution in [0.1, 0.15) is 31.7 Å². The molecule has 0 aliphatic carbocycles. The van der Waals surface area contributed by atoms with Crippen LogP contribution in [0.5, 0.6) is 0 Å². The summed E-state index contributed by atoms with van der Waals surface area (Å²) in [5, 5.41) is 3.33. The first kappa shape index (κ1) is 17.0. The lowest BCUT2D eigenvalue weighted by atomic mass is 10.0. The molecule has 130 valence electrons. The average Bonchev–Trinajstić information content (AvgIpc) is 3.02. The smallest absolute Gasteiger partial charge is 0.228 e. The summed E-state index contributed by atoms with van der Waals surface area (Å²) in [5.41, 5.74) is 2.12. The lowest BCUT2D eigenvalue weighted by molar-refractivity contribution is -0.137. The lowest BCUT2D eigenvalue weighted by Crippen LogP contribution is -2.46. The van der Waals surface area contributed by atoms with E-state index in [9.17, 15) is 9.59 Å². The summed E-state index contributed by atoms with van der Waals surface area (Å²) in [6.45, 7) is 4.51. The van der Waals surface area contributed by atoms with Gasteiger partial charge in [0.15, 0.2) is 0 Å². The monoisotopic (exact) mass is 329 g/mol. The Morgan fingerprint density at radius 1 is 1.29 bits per heavy atom. The number of amides is 2. The predicted octanol–water partition coefficient (Wildman–Crippen LogP) is 1.81. The van der Waals surface area contributed by atoms with Crippen molar-refractivity contribution in [1.29, 1.82) is 0 Å². The molecule has 0 aromatic heterocycles. The number of para-hydroxylation sites is 1. The fourth-order valence-electron chi connectivity index (χ4n) is 3.84. The Bertz CT molecular complexity index is 610. The number of rotatable bonds is 4. The summed E-state index contributed by atoms with van der Waals surface area (Å²) in [7, 11) is 1.89. The van der Waals surface area contributed by atoms with Gasteiger partial charge in [-0.15, -0.1) is 0 Å². The van der Waals surface area contributed by atoms with Gasteiger partial charge < -0.3 is 15.1 Å². The quantitative estimate of drug-likeness (QED) is 0.917. The number of carbonyl (C=O) groups excluding carboxylic acids is 2. The molecule has 0 radical (unpaired) electrons. The van der Waals surface area contributed by atoms with Gasteiger partial charge in [-0.3, -0.25) is 9.59 Å². The normalized spacial score (nSPS) is 22.0. The van der Waals surface area contributed by atoms with Gasteiger partial charge in [0.2, 0.25) is 11.8 Å². The van der Waals surface area contributed by atoms with Crippen molar-refractivity contribution in [2.45, 2.75) is 38.6 Å². The van der Waals surface area contributed by atoms with Crippen LogP contribution in [0.15, 0.2) is 24.3 Å². The summed E-state index contributed by atoms with van der Waals surface area (Å²) in [5.74, 6) is -0.0398. The van der Waals surface area contributed by atoms with Crippen LogP contribution in [-0.2, 0) is 16.0 Å². The van der Waals surface area contributed by atoms with Crippen LogP contribution in [0.3, 0.4) is 0 Å². The predicted molar refractivity (Wildman–Crippen MR) is 94.9 cm³/mol. The molecule has 2 amide bonds. The number of nitrogens with one attached hydrogen (secondary N) is 1. The summed E-state index contributed by atoms with van der Waals surface area (Å²) >= 11 is 0. The number of anilines is 1. The van der Waals surface area contributed by atoms with E-state index in [1.165, 1.54) is 0 Å². The summed E-state index contributed by atoms with van der Waals surface area (Å²) in [4.78, 5) is 29.0. The van der Waals surface area contributed by atoms with Crippen molar-refractivity contribution in [1.82, 2.24) is 10.2 Å². The van der Waals surface area contributed by atoms with Crippen LogP contribution in [0.2, 0.25) is 0 Å². The van der Waals surface area contributed by atoms with Crippen LogP contribution in [0.25, 0.3) is 0 Å². The van der Waals surface area contributed by atoms with Crippen molar-refractivity contribution in [3.05, 3.63) is 29.8 Å². The highest BCUT2D eigenvalue weighted by atomic mass is 16.2. The van der Waals surface area contributed by atoms with E-state index in [0.717, 1.165) is 43.6 Å². The highest BCUT2D eigenvalue weighted by Crippen LogP contribution is 2.29. The minimum Gasteiger partial charge on any atom is -0.342 e. The van der Waals surface area contributed by atoms with Crippen LogP contribution in [0, 0.1) is 5.92 Å². The zero-order chi connectivity index (χ0) is 17.1. The van der Waals surface area contributed by atoms with Crippen molar-refractivity contribution in [3.63, 3.8) is 0 Å². The third-order valence-corrected chi connectivity index (χ3v) is 5.34. The van der Waals surface area contributed by atoms with Crippen LogP contribution < -0.4 is 10.2 Å². The number of piperidine rings is 1. The van der Waals surface area contributed by atoms with Crippen molar-refractivity contribution in [2.75, 3.05) is 31.6 Å². The van der Waals surface area contributed by atoms with Gasteiger partial charge in [-0.05, 0) is 44.0 Å². The molecule has 1 aromatic rings. The van der Waals surface area contributed by atoms with Crippen molar-refractivity contribution >= 4 is 17.5 Å². The molecule has 2 saturated heterocycles. The molecule has 2 aliphatic heterocycles. The molecule has 1 atom stereocenters. The molecule has 0 bridgehead atoms. The number of hydrogen-bond acceptors (Lipinski definition) is 3. The minimum atomic E-state index is -0.220. The number of benzene rings is 1. The standard InChI is InChI=1S/C19H27N3O2/c1-3-14-6-4-5-7-17(14)22-13-15(12-18(22)23)19(24)21(2)16-8-10-20-11-9-16/h4-7,15-16,20H,3,8-13H2,1-2H3. The van der Waals surface area contributed by atoms with E-state index in [2.05, 4.69) is 18.3 Å². The van der Waals surface area contributed by atoms with Crippen molar-refractivity contribution < 1.29 is 9.59 Å².